The van der Waals surface area contributed by atoms with Crippen LogP contribution in [0.25, 0.3) is 0 Å². The number of amides is 2. The first-order valence-corrected chi connectivity index (χ1v) is 6.58. The van der Waals surface area contributed by atoms with E-state index in [-0.39, 0.29) is 5.91 Å². The van der Waals surface area contributed by atoms with Crippen molar-refractivity contribution >= 4 is 11.8 Å². The predicted molar refractivity (Wildman–Crippen MR) is 70.8 cm³/mol. The topological polar surface area (TPSA) is 75.4 Å². The maximum absolute atomic E-state index is 12.5. The molecule has 2 amide bonds. The van der Waals surface area contributed by atoms with E-state index in [2.05, 4.69) is 5.32 Å². The van der Waals surface area contributed by atoms with E-state index >= 15 is 0 Å². The standard InChI is InChI=1S/C14H17N3O2/c15-13(18)9-2-1-3-10(6-9)14(19)17-5-4-11-7-16-8-12(11)17/h1-3,6,11-12,16H,4-5,7-8H2,(H2,15,18)/t11-,12+/m0/s1. The predicted octanol–water partition coefficient (Wildman–Crippen LogP) is 0.219. The number of rotatable bonds is 2. The molecule has 2 saturated heterocycles. The van der Waals surface area contributed by atoms with Crippen LogP contribution in [0.15, 0.2) is 24.3 Å². The van der Waals surface area contributed by atoms with E-state index < -0.39 is 5.91 Å². The van der Waals surface area contributed by atoms with Crippen LogP contribution in [0, 0.1) is 5.92 Å². The smallest absolute Gasteiger partial charge is 0.254 e. The molecule has 0 aliphatic carbocycles. The SMILES string of the molecule is NC(=O)c1cccc(C(=O)N2CC[C@H]3CNC[C@H]32)c1. The van der Waals surface area contributed by atoms with Crippen molar-refractivity contribution in [3.05, 3.63) is 35.4 Å². The molecule has 1 aromatic rings. The number of carbonyl (C=O) groups excluding carboxylic acids is 2. The Morgan fingerprint density at radius 1 is 1.26 bits per heavy atom. The second-order valence-corrected chi connectivity index (χ2v) is 5.22. The summed E-state index contributed by atoms with van der Waals surface area (Å²) >= 11 is 0. The van der Waals surface area contributed by atoms with E-state index in [0.29, 0.717) is 23.1 Å². The van der Waals surface area contributed by atoms with Gasteiger partial charge in [-0.25, -0.2) is 0 Å². The largest absolute Gasteiger partial charge is 0.366 e. The summed E-state index contributed by atoms with van der Waals surface area (Å²) in [5, 5.41) is 3.32. The van der Waals surface area contributed by atoms with Gasteiger partial charge in [0.15, 0.2) is 0 Å². The van der Waals surface area contributed by atoms with E-state index in [0.717, 1.165) is 26.1 Å². The summed E-state index contributed by atoms with van der Waals surface area (Å²) in [6.07, 6.45) is 1.05. The molecular formula is C14H17N3O2. The summed E-state index contributed by atoms with van der Waals surface area (Å²) in [4.78, 5) is 25.6. The van der Waals surface area contributed by atoms with Gasteiger partial charge in [-0.15, -0.1) is 0 Å². The van der Waals surface area contributed by atoms with Crippen molar-refractivity contribution < 1.29 is 9.59 Å². The number of benzene rings is 1. The van der Waals surface area contributed by atoms with Crippen molar-refractivity contribution in [3.63, 3.8) is 0 Å². The van der Waals surface area contributed by atoms with E-state index in [1.165, 1.54) is 0 Å². The minimum atomic E-state index is -0.503. The molecule has 0 unspecified atom stereocenters. The number of hydrogen-bond donors (Lipinski definition) is 2. The molecule has 0 aromatic heterocycles. The molecule has 3 rings (SSSR count). The summed E-state index contributed by atoms with van der Waals surface area (Å²) in [5.74, 6) is 0.0686. The Kier molecular flexibility index (Phi) is 2.98. The summed E-state index contributed by atoms with van der Waals surface area (Å²) < 4.78 is 0. The van der Waals surface area contributed by atoms with Gasteiger partial charge in [-0.05, 0) is 30.5 Å². The number of carbonyl (C=O) groups is 2. The first-order valence-electron chi connectivity index (χ1n) is 6.58. The third-order valence-electron chi connectivity index (χ3n) is 4.10. The molecule has 5 nitrogen and oxygen atoms in total. The molecule has 3 N–H and O–H groups in total. The highest BCUT2D eigenvalue weighted by Gasteiger charge is 2.40. The fourth-order valence-corrected chi connectivity index (χ4v) is 3.07. The number of hydrogen-bond acceptors (Lipinski definition) is 3. The van der Waals surface area contributed by atoms with E-state index in [9.17, 15) is 9.59 Å². The van der Waals surface area contributed by atoms with Crippen LogP contribution in [-0.2, 0) is 0 Å². The fourth-order valence-electron chi connectivity index (χ4n) is 3.07. The number of nitrogens with two attached hydrogens (primary N) is 1. The van der Waals surface area contributed by atoms with Gasteiger partial charge < -0.3 is 16.0 Å². The van der Waals surface area contributed by atoms with E-state index in [1.807, 2.05) is 4.90 Å². The van der Waals surface area contributed by atoms with Gasteiger partial charge in [0, 0.05) is 36.8 Å². The molecule has 2 atom stereocenters. The van der Waals surface area contributed by atoms with Gasteiger partial charge in [0.2, 0.25) is 5.91 Å². The third kappa shape index (κ3) is 2.10. The summed E-state index contributed by atoms with van der Waals surface area (Å²) in [7, 11) is 0. The van der Waals surface area contributed by atoms with Crippen molar-refractivity contribution in [2.45, 2.75) is 12.5 Å². The van der Waals surface area contributed by atoms with Crippen molar-refractivity contribution in [3.8, 4) is 0 Å². The number of nitrogens with one attached hydrogen (secondary N) is 1. The zero-order valence-electron chi connectivity index (χ0n) is 10.6. The van der Waals surface area contributed by atoms with Crippen LogP contribution < -0.4 is 11.1 Å². The van der Waals surface area contributed by atoms with Crippen LogP contribution in [0.1, 0.15) is 27.1 Å². The molecule has 5 heteroatoms. The lowest BCUT2D eigenvalue weighted by Gasteiger charge is -2.23. The highest BCUT2D eigenvalue weighted by molar-refractivity contribution is 5.99. The molecule has 2 heterocycles. The zero-order chi connectivity index (χ0) is 13.4. The Morgan fingerprint density at radius 2 is 2.05 bits per heavy atom. The highest BCUT2D eigenvalue weighted by atomic mass is 16.2. The van der Waals surface area contributed by atoms with Gasteiger partial charge in [0.05, 0.1) is 0 Å². The summed E-state index contributed by atoms with van der Waals surface area (Å²) in [6.45, 7) is 2.67. The number of primary amides is 1. The first kappa shape index (κ1) is 12.2. The van der Waals surface area contributed by atoms with Gasteiger partial charge in [-0.3, -0.25) is 9.59 Å². The van der Waals surface area contributed by atoms with Gasteiger partial charge >= 0.3 is 0 Å². The van der Waals surface area contributed by atoms with Crippen molar-refractivity contribution in [2.75, 3.05) is 19.6 Å². The summed E-state index contributed by atoms with van der Waals surface area (Å²) in [5.41, 5.74) is 6.17. The average Bonchev–Trinajstić information content (AvgIpc) is 3.00. The second-order valence-electron chi connectivity index (χ2n) is 5.22. The van der Waals surface area contributed by atoms with Crippen LogP contribution >= 0.6 is 0 Å². The lowest BCUT2D eigenvalue weighted by Crippen LogP contribution is -2.39. The monoisotopic (exact) mass is 259 g/mol. The molecule has 19 heavy (non-hydrogen) atoms. The molecule has 0 bridgehead atoms. The van der Waals surface area contributed by atoms with Crippen LogP contribution in [0.2, 0.25) is 0 Å². The van der Waals surface area contributed by atoms with Gasteiger partial charge in [0.1, 0.15) is 0 Å². The van der Waals surface area contributed by atoms with Crippen molar-refractivity contribution in [2.24, 2.45) is 11.7 Å². The Labute approximate surface area is 111 Å². The minimum Gasteiger partial charge on any atom is -0.366 e. The molecule has 0 saturated carbocycles. The fraction of sp³-hybridized carbons (Fsp3) is 0.429. The average molecular weight is 259 g/mol. The Hall–Kier alpha value is -1.88. The normalized spacial score (nSPS) is 25.4. The van der Waals surface area contributed by atoms with Crippen LogP contribution in [0.5, 0.6) is 0 Å². The molecular weight excluding hydrogens is 242 g/mol. The molecule has 2 aliphatic heterocycles. The van der Waals surface area contributed by atoms with Gasteiger partial charge in [0.25, 0.3) is 5.91 Å². The molecule has 100 valence electrons. The van der Waals surface area contributed by atoms with E-state index in [1.54, 1.807) is 24.3 Å². The maximum Gasteiger partial charge on any atom is 0.254 e. The Bertz CT molecular complexity index is 529. The molecule has 1 aromatic carbocycles. The van der Waals surface area contributed by atoms with Gasteiger partial charge in [-0.2, -0.15) is 0 Å². The second kappa shape index (κ2) is 4.66. The minimum absolute atomic E-state index is 0.000648. The molecule has 2 fully saturated rings. The highest BCUT2D eigenvalue weighted by Crippen LogP contribution is 2.28. The van der Waals surface area contributed by atoms with Crippen molar-refractivity contribution in [1.82, 2.24) is 10.2 Å². The summed E-state index contributed by atoms with van der Waals surface area (Å²) in [6, 6.07) is 6.95. The number of likely N-dealkylation sites (tertiary alicyclic amines) is 1. The molecule has 0 spiro atoms. The van der Waals surface area contributed by atoms with Crippen molar-refractivity contribution in [1.29, 1.82) is 0 Å². The first-order chi connectivity index (χ1) is 9.16. The lowest BCUT2D eigenvalue weighted by molar-refractivity contribution is 0.0737. The van der Waals surface area contributed by atoms with Crippen LogP contribution in [0.3, 0.4) is 0 Å². The van der Waals surface area contributed by atoms with Crippen LogP contribution in [-0.4, -0.2) is 42.4 Å². The zero-order valence-corrected chi connectivity index (χ0v) is 10.6. The molecule has 0 radical (unpaired) electrons. The third-order valence-corrected chi connectivity index (χ3v) is 4.10. The van der Waals surface area contributed by atoms with Gasteiger partial charge in [-0.1, -0.05) is 6.07 Å². The number of fused-ring (bicyclic) bond motifs is 1. The quantitative estimate of drug-likeness (QED) is 0.797. The van der Waals surface area contributed by atoms with E-state index in [4.69, 9.17) is 5.73 Å². The lowest BCUT2D eigenvalue weighted by atomic mass is 10.0. The number of nitrogens with zero attached hydrogens (tertiary/aromatic N) is 1. The van der Waals surface area contributed by atoms with Crippen LogP contribution in [0.4, 0.5) is 0 Å². The maximum atomic E-state index is 12.5. The molecule has 2 aliphatic rings. The Balaban J connectivity index is 1.84. The Morgan fingerprint density at radius 3 is 2.84 bits per heavy atom.